The van der Waals surface area contributed by atoms with Gasteiger partial charge in [-0.25, -0.2) is 4.79 Å². The summed E-state index contributed by atoms with van der Waals surface area (Å²) in [7, 11) is 1.81. The lowest BCUT2D eigenvalue weighted by atomic mass is 10.2. The predicted octanol–water partition coefficient (Wildman–Crippen LogP) is 1.82. The number of carboxylic acids is 1. The highest BCUT2D eigenvalue weighted by Gasteiger charge is 2.23. The minimum absolute atomic E-state index is 0.0882. The summed E-state index contributed by atoms with van der Waals surface area (Å²) in [6, 6.07) is 0.166. The molecule has 0 aromatic carbocycles. The van der Waals surface area contributed by atoms with Gasteiger partial charge in [0.05, 0.1) is 0 Å². The highest BCUT2D eigenvalue weighted by molar-refractivity contribution is 5.74. The minimum atomic E-state index is -0.824. The van der Waals surface area contributed by atoms with E-state index >= 15 is 0 Å². The Bertz CT molecular complexity index is 275. The maximum atomic E-state index is 11.9. The van der Waals surface area contributed by atoms with Gasteiger partial charge in [0.1, 0.15) is 0 Å². The van der Waals surface area contributed by atoms with Crippen LogP contribution in [0, 0.1) is 0 Å². The van der Waals surface area contributed by atoms with Crippen molar-refractivity contribution in [3.8, 4) is 0 Å². The lowest BCUT2D eigenvalue weighted by Gasteiger charge is -2.26. The van der Waals surface area contributed by atoms with Crippen molar-refractivity contribution in [2.24, 2.45) is 0 Å². The van der Waals surface area contributed by atoms with Crippen LogP contribution in [0.2, 0.25) is 0 Å². The van der Waals surface area contributed by atoms with Crippen LogP contribution in [-0.4, -0.2) is 41.1 Å². The Morgan fingerprint density at radius 3 is 2.53 bits per heavy atom. The van der Waals surface area contributed by atoms with Gasteiger partial charge in [-0.2, -0.15) is 0 Å². The third-order valence-electron chi connectivity index (χ3n) is 3.35. The van der Waals surface area contributed by atoms with Crippen molar-refractivity contribution in [1.29, 1.82) is 0 Å². The molecule has 1 atom stereocenters. The van der Waals surface area contributed by atoms with Crippen LogP contribution < -0.4 is 5.32 Å². The molecule has 17 heavy (non-hydrogen) atoms. The van der Waals surface area contributed by atoms with E-state index in [1.807, 2.05) is 14.0 Å². The number of amides is 2. The van der Waals surface area contributed by atoms with Gasteiger partial charge in [-0.1, -0.05) is 12.8 Å². The minimum Gasteiger partial charge on any atom is -0.481 e. The summed E-state index contributed by atoms with van der Waals surface area (Å²) in [5, 5.41) is 11.4. The molecule has 0 heterocycles. The smallest absolute Gasteiger partial charge is 0.317 e. The Morgan fingerprint density at radius 2 is 2.00 bits per heavy atom. The van der Waals surface area contributed by atoms with Crippen molar-refractivity contribution in [2.45, 2.75) is 57.5 Å². The largest absolute Gasteiger partial charge is 0.481 e. The van der Waals surface area contributed by atoms with Crippen LogP contribution in [0.4, 0.5) is 4.79 Å². The summed E-state index contributed by atoms with van der Waals surface area (Å²) in [6.07, 6.45) is 5.10. The Balaban J connectivity index is 2.29. The van der Waals surface area contributed by atoms with Crippen LogP contribution >= 0.6 is 0 Å². The molecule has 0 spiro atoms. The Morgan fingerprint density at radius 1 is 1.41 bits per heavy atom. The molecule has 1 fully saturated rings. The average Bonchev–Trinajstić information content (AvgIpc) is 2.78. The third kappa shape index (κ3) is 4.63. The number of nitrogens with zero attached hydrogens (tertiary/aromatic N) is 1. The first-order valence-corrected chi connectivity index (χ1v) is 6.26. The highest BCUT2D eigenvalue weighted by Crippen LogP contribution is 2.22. The van der Waals surface area contributed by atoms with E-state index in [4.69, 9.17) is 5.11 Å². The van der Waals surface area contributed by atoms with E-state index in [-0.39, 0.29) is 18.5 Å². The summed E-state index contributed by atoms with van der Waals surface area (Å²) < 4.78 is 0. The quantitative estimate of drug-likeness (QED) is 0.772. The number of carbonyl (C=O) groups excluding carboxylic acids is 1. The molecule has 2 amide bonds. The molecule has 0 aromatic heterocycles. The van der Waals surface area contributed by atoms with Gasteiger partial charge >= 0.3 is 12.0 Å². The van der Waals surface area contributed by atoms with Gasteiger partial charge in [0.25, 0.3) is 0 Å². The maximum absolute atomic E-state index is 11.9. The molecule has 0 radical (unpaired) electrons. The topological polar surface area (TPSA) is 69.6 Å². The number of aliphatic carboxylic acids is 1. The van der Waals surface area contributed by atoms with Crippen LogP contribution in [0.25, 0.3) is 0 Å². The Hall–Kier alpha value is -1.26. The van der Waals surface area contributed by atoms with E-state index < -0.39 is 5.97 Å². The number of nitrogens with one attached hydrogen (secondary N) is 1. The predicted molar refractivity (Wildman–Crippen MR) is 64.9 cm³/mol. The van der Waals surface area contributed by atoms with Gasteiger partial charge in [0, 0.05) is 25.6 Å². The van der Waals surface area contributed by atoms with Crippen molar-refractivity contribution in [2.75, 3.05) is 7.05 Å². The van der Waals surface area contributed by atoms with Crippen LogP contribution in [0.1, 0.15) is 45.4 Å². The molecular formula is C12H22N2O3. The van der Waals surface area contributed by atoms with Gasteiger partial charge in [0.15, 0.2) is 0 Å². The summed E-state index contributed by atoms with van der Waals surface area (Å²) in [4.78, 5) is 24.0. The van der Waals surface area contributed by atoms with Gasteiger partial charge in [-0.15, -0.1) is 0 Å². The van der Waals surface area contributed by atoms with E-state index in [2.05, 4.69) is 5.32 Å². The molecular weight excluding hydrogens is 220 g/mol. The van der Waals surface area contributed by atoms with E-state index in [1.165, 1.54) is 12.8 Å². The first kappa shape index (κ1) is 13.8. The molecule has 0 aromatic rings. The number of carboxylic acid groups (broad SMARTS) is 1. The van der Waals surface area contributed by atoms with E-state index in [1.54, 1.807) is 4.90 Å². The van der Waals surface area contributed by atoms with Crippen LogP contribution in [0.5, 0.6) is 0 Å². The normalized spacial score (nSPS) is 17.8. The number of hydrogen-bond acceptors (Lipinski definition) is 2. The highest BCUT2D eigenvalue weighted by atomic mass is 16.4. The summed E-state index contributed by atoms with van der Waals surface area (Å²) in [6.45, 7) is 1.84. The van der Waals surface area contributed by atoms with Gasteiger partial charge in [-0.05, 0) is 26.2 Å². The van der Waals surface area contributed by atoms with Gasteiger partial charge in [0.2, 0.25) is 0 Å². The number of urea groups is 1. The van der Waals surface area contributed by atoms with Crippen molar-refractivity contribution in [1.82, 2.24) is 10.2 Å². The van der Waals surface area contributed by atoms with Crippen LogP contribution in [0.15, 0.2) is 0 Å². The van der Waals surface area contributed by atoms with Crippen molar-refractivity contribution in [3.63, 3.8) is 0 Å². The summed E-state index contributed by atoms with van der Waals surface area (Å²) >= 11 is 0. The fourth-order valence-corrected chi connectivity index (χ4v) is 2.18. The maximum Gasteiger partial charge on any atom is 0.317 e. The Kier molecular flexibility index (Phi) is 5.25. The van der Waals surface area contributed by atoms with Crippen molar-refractivity contribution >= 4 is 12.0 Å². The fraction of sp³-hybridized carbons (Fsp3) is 0.833. The van der Waals surface area contributed by atoms with Gasteiger partial charge < -0.3 is 15.3 Å². The lowest BCUT2D eigenvalue weighted by Crippen LogP contribution is -2.45. The van der Waals surface area contributed by atoms with E-state index in [9.17, 15) is 9.59 Å². The second kappa shape index (κ2) is 6.47. The zero-order chi connectivity index (χ0) is 12.8. The monoisotopic (exact) mass is 242 g/mol. The van der Waals surface area contributed by atoms with Crippen molar-refractivity contribution < 1.29 is 14.7 Å². The zero-order valence-electron chi connectivity index (χ0n) is 10.6. The molecule has 2 N–H and O–H groups in total. The lowest BCUT2D eigenvalue weighted by molar-refractivity contribution is -0.137. The molecule has 98 valence electrons. The molecule has 5 nitrogen and oxygen atoms in total. The average molecular weight is 242 g/mol. The number of carbonyl (C=O) groups is 2. The SMILES string of the molecule is CC(CCC(=O)O)NC(=O)N(C)C1CCCC1. The molecule has 5 heteroatoms. The fourth-order valence-electron chi connectivity index (χ4n) is 2.18. The third-order valence-corrected chi connectivity index (χ3v) is 3.35. The molecule has 1 saturated carbocycles. The van der Waals surface area contributed by atoms with Gasteiger partial charge in [-0.3, -0.25) is 4.79 Å². The molecule has 1 aliphatic rings. The zero-order valence-corrected chi connectivity index (χ0v) is 10.6. The standard InChI is InChI=1S/C12H22N2O3/c1-9(7-8-11(15)16)13-12(17)14(2)10-5-3-4-6-10/h9-10H,3-8H2,1-2H3,(H,13,17)(H,15,16). The number of hydrogen-bond donors (Lipinski definition) is 2. The summed E-state index contributed by atoms with van der Waals surface area (Å²) in [5.41, 5.74) is 0. The molecule has 0 saturated heterocycles. The van der Waals surface area contributed by atoms with Crippen molar-refractivity contribution in [3.05, 3.63) is 0 Å². The van der Waals surface area contributed by atoms with E-state index in [0.717, 1.165) is 12.8 Å². The summed E-state index contributed by atoms with van der Waals surface area (Å²) in [5.74, 6) is -0.824. The molecule has 1 aliphatic carbocycles. The van der Waals surface area contributed by atoms with Crippen LogP contribution in [0.3, 0.4) is 0 Å². The first-order chi connectivity index (χ1) is 8.00. The Labute approximate surface area is 102 Å². The van der Waals surface area contributed by atoms with E-state index in [0.29, 0.717) is 12.5 Å². The first-order valence-electron chi connectivity index (χ1n) is 6.26. The number of rotatable bonds is 5. The second-order valence-electron chi connectivity index (χ2n) is 4.83. The second-order valence-corrected chi connectivity index (χ2v) is 4.83. The molecule has 0 bridgehead atoms. The molecule has 1 unspecified atom stereocenters. The van der Waals surface area contributed by atoms with Crippen LogP contribution in [-0.2, 0) is 4.79 Å². The molecule has 0 aliphatic heterocycles. The molecule has 1 rings (SSSR count).